The summed E-state index contributed by atoms with van der Waals surface area (Å²) in [6, 6.07) is 9.06. The van der Waals surface area contributed by atoms with Crippen molar-refractivity contribution < 1.29 is 17.6 Å². The number of fused-ring (bicyclic) bond motifs is 1. The zero-order chi connectivity index (χ0) is 19.7. The highest BCUT2D eigenvalue weighted by molar-refractivity contribution is 7.92. The highest BCUT2D eigenvalue weighted by atomic mass is 32.2. The van der Waals surface area contributed by atoms with Crippen molar-refractivity contribution in [2.45, 2.75) is 25.3 Å². The second kappa shape index (κ2) is 7.60. The Morgan fingerprint density at radius 2 is 2.00 bits per heavy atom. The number of sulfonamides is 1. The van der Waals surface area contributed by atoms with Crippen LogP contribution in [0.5, 0.6) is 0 Å². The number of likely N-dealkylation sites (tertiary alicyclic amines) is 1. The molecule has 4 rings (SSSR count). The second-order valence-electron chi connectivity index (χ2n) is 7.41. The summed E-state index contributed by atoms with van der Waals surface area (Å²) in [6.07, 6.45) is 5.80. The van der Waals surface area contributed by atoms with Gasteiger partial charge in [-0.2, -0.15) is 0 Å². The van der Waals surface area contributed by atoms with E-state index in [4.69, 9.17) is 4.42 Å². The van der Waals surface area contributed by atoms with Gasteiger partial charge < -0.3 is 9.73 Å². The maximum absolute atomic E-state index is 12.7. The molecular formula is C20H25N3O4S. The van der Waals surface area contributed by atoms with E-state index < -0.39 is 10.0 Å². The van der Waals surface area contributed by atoms with Crippen LogP contribution in [-0.2, 0) is 16.4 Å². The number of benzene rings is 1. The number of nitrogens with one attached hydrogen (secondary N) is 1. The van der Waals surface area contributed by atoms with Crippen LogP contribution in [0.2, 0.25) is 0 Å². The molecule has 0 aliphatic carbocycles. The summed E-state index contributed by atoms with van der Waals surface area (Å²) in [5, 5.41) is 3.02. The van der Waals surface area contributed by atoms with Crippen LogP contribution in [0.4, 0.5) is 5.69 Å². The number of hydrogen-bond acceptors (Lipinski definition) is 5. The lowest BCUT2D eigenvalue weighted by molar-refractivity contribution is 0.0933. The van der Waals surface area contributed by atoms with Crippen molar-refractivity contribution in [2.75, 3.05) is 36.7 Å². The summed E-state index contributed by atoms with van der Waals surface area (Å²) >= 11 is 0. The van der Waals surface area contributed by atoms with Crippen molar-refractivity contribution in [3.05, 3.63) is 53.5 Å². The molecule has 3 heterocycles. The van der Waals surface area contributed by atoms with Gasteiger partial charge in [0.15, 0.2) is 0 Å². The summed E-state index contributed by atoms with van der Waals surface area (Å²) in [7, 11) is -3.29. The Morgan fingerprint density at radius 1 is 1.21 bits per heavy atom. The Kier molecular flexibility index (Phi) is 5.16. The Morgan fingerprint density at radius 3 is 2.68 bits per heavy atom. The van der Waals surface area contributed by atoms with Gasteiger partial charge in [-0.25, -0.2) is 8.42 Å². The van der Waals surface area contributed by atoms with Gasteiger partial charge in [0, 0.05) is 18.7 Å². The zero-order valence-corrected chi connectivity index (χ0v) is 16.7. The van der Waals surface area contributed by atoms with E-state index >= 15 is 0 Å². The molecule has 1 atom stereocenters. The van der Waals surface area contributed by atoms with E-state index in [1.165, 1.54) is 10.6 Å². The van der Waals surface area contributed by atoms with Crippen molar-refractivity contribution in [1.82, 2.24) is 10.2 Å². The van der Waals surface area contributed by atoms with E-state index in [2.05, 4.69) is 10.2 Å². The number of hydrogen-bond donors (Lipinski definition) is 1. The van der Waals surface area contributed by atoms with Gasteiger partial charge in [0.1, 0.15) is 5.76 Å². The smallest absolute Gasteiger partial charge is 0.251 e. The van der Waals surface area contributed by atoms with Crippen molar-refractivity contribution in [3.63, 3.8) is 0 Å². The van der Waals surface area contributed by atoms with Gasteiger partial charge in [-0.15, -0.1) is 0 Å². The van der Waals surface area contributed by atoms with E-state index in [9.17, 15) is 13.2 Å². The highest BCUT2D eigenvalue weighted by Crippen LogP contribution is 2.31. The Labute approximate surface area is 165 Å². The van der Waals surface area contributed by atoms with Crippen LogP contribution in [0.25, 0.3) is 0 Å². The molecule has 150 valence electrons. The van der Waals surface area contributed by atoms with E-state index in [1.807, 2.05) is 12.1 Å². The van der Waals surface area contributed by atoms with Gasteiger partial charge in [0.25, 0.3) is 5.91 Å². The predicted molar refractivity (Wildman–Crippen MR) is 107 cm³/mol. The lowest BCUT2D eigenvalue weighted by Crippen LogP contribution is -2.36. The molecule has 0 radical (unpaired) electrons. The number of anilines is 1. The quantitative estimate of drug-likeness (QED) is 0.799. The fourth-order valence-corrected chi connectivity index (χ4v) is 5.05. The van der Waals surface area contributed by atoms with Crippen LogP contribution in [0, 0.1) is 0 Å². The molecular weight excluding hydrogens is 378 g/mol. The minimum Gasteiger partial charge on any atom is -0.468 e. The van der Waals surface area contributed by atoms with Gasteiger partial charge in [-0.05, 0) is 68.2 Å². The molecule has 8 heteroatoms. The average molecular weight is 404 g/mol. The molecule has 1 unspecified atom stereocenters. The van der Waals surface area contributed by atoms with E-state index in [1.54, 1.807) is 24.5 Å². The second-order valence-corrected chi connectivity index (χ2v) is 9.32. The molecule has 1 N–H and O–H groups in total. The van der Waals surface area contributed by atoms with E-state index in [0.717, 1.165) is 37.3 Å². The monoisotopic (exact) mass is 403 g/mol. The van der Waals surface area contributed by atoms with Gasteiger partial charge >= 0.3 is 0 Å². The van der Waals surface area contributed by atoms with Crippen molar-refractivity contribution in [2.24, 2.45) is 0 Å². The molecule has 0 spiro atoms. The molecule has 2 aliphatic rings. The first-order valence-electron chi connectivity index (χ1n) is 9.60. The summed E-state index contributed by atoms with van der Waals surface area (Å²) < 4.78 is 30.7. The van der Waals surface area contributed by atoms with Gasteiger partial charge in [0.05, 0.1) is 24.2 Å². The largest absolute Gasteiger partial charge is 0.468 e. The number of carbonyl (C=O) groups is 1. The minimum atomic E-state index is -3.29. The summed E-state index contributed by atoms with van der Waals surface area (Å²) in [4.78, 5) is 15.1. The number of nitrogens with zero attached hydrogens (tertiary/aromatic N) is 2. The molecule has 7 nitrogen and oxygen atoms in total. The first-order chi connectivity index (χ1) is 13.4. The Balaban J connectivity index is 1.46. The standard InChI is InChI=1S/C20H25N3O4S/c1-28(25,26)23-11-8-15-13-16(6-7-17(15)23)20(24)21-14-18(19-5-4-12-27-19)22-9-2-3-10-22/h4-7,12-13,18H,2-3,8-11,14H2,1H3,(H,21,24). The van der Waals surface area contributed by atoms with E-state index in [-0.39, 0.29) is 11.9 Å². The van der Waals surface area contributed by atoms with Crippen LogP contribution in [0.3, 0.4) is 0 Å². The maximum Gasteiger partial charge on any atom is 0.251 e. The SMILES string of the molecule is CS(=O)(=O)N1CCc2cc(C(=O)NCC(c3ccco3)N3CCCC3)ccc21. The van der Waals surface area contributed by atoms with Crippen LogP contribution < -0.4 is 9.62 Å². The third kappa shape index (κ3) is 3.79. The number of carbonyl (C=O) groups excluding carboxylic acids is 1. The Bertz CT molecular complexity index is 950. The molecule has 0 saturated carbocycles. The molecule has 1 aromatic carbocycles. The van der Waals surface area contributed by atoms with Gasteiger partial charge in [0.2, 0.25) is 10.0 Å². The minimum absolute atomic E-state index is 0.0246. The molecule has 2 aromatic rings. The number of amides is 1. The summed E-state index contributed by atoms with van der Waals surface area (Å²) in [6.45, 7) is 2.90. The van der Waals surface area contributed by atoms with E-state index in [0.29, 0.717) is 30.8 Å². The highest BCUT2D eigenvalue weighted by Gasteiger charge is 2.28. The molecule has 28 heavy (non-hydrogen) atoms. The first-order valence-corrected chi connectivity index (χ1v) is 11.4. The molecule has 1 fully saturated rings. The lowest BCUT2D eigenvalue weighted by Gasteiger charge is -2.26. The van der Waals surface area contributed by atoms with Crippen molar-refractivity contribution in [3.8, 4) is 0 Å². The third-order valence-electron chi connectivity index (χ3n) is 5.50. The van der Waals surface area contributed by atoms with Gasteiger partial charge in [-0.3, -0.25) is 14.0 Å². The molecule has 1 saturated heterocycles. The topological polar surface area (TPSA) is 82.9 Å². The summed E-state index contributed by atoms with van der Waals surface area (Å²) in [5.41, 5.74) is 2.11. The fourth-order valence-electron chi connectivity index (χ4n) is 4.09. The predicted octanol–water partition coefficient (Wildman–Crippen LogP) is 2.17. The fraction of sp³-hybridized carbons (Fsp3) is 0.450. The zero-order valence-electron chi connectivity index (χ0n) is 15.9. The van der Waals surface area contributed by atoms with Crippen LogP contribution in [0.15, 0.2) is 41.0 Å². The molecule has 2 aliphatic heterocycles. The van der Waals surface area contributed by atoms with Crippen LogP contribution >= 0.6 is 0 Å². The van der Waals surface area contributed by atoms with Crippen LogP contribution in [0.1, 0.15) is 40.6 Å². The average Bonchev–Trinajstić information content (AvgIpc) is 3.41. The third-order valence-corrected chi connectivity index (χ3v) is 6.68. The van der Waals surface area contributed by atoms with Gasteiger partial charge in [-0.1, -0.05) is 0 Å². The van der Waals surface area contributed by atoms with Crippen LogP contribution in [-0.4, -0.2) is 51.7 Å². The summed E-state index contributed by atoms with van der Waals surface area (Å²) in [5.74, 6) is 0.705. The normalized spacial score (nSPS) is 18.2. The molecule has 0 bridgehead atoms. The number of rotatable bonds is 6. The number of furan rings is 1. The molecule has 1 amide bonds. The van der Waals surface area contributed by atoms with Crippen molar-refractivity contribution in [1.29, 1.82) is 0 Å². The maximum atomic E-state index is 12.7. The van der Waals surface area contributed by atoms with Crippen molar-refractivity contribution >= 4 is 21.6 Å². The Hall–Kier alpha value is -2.32. The lowest BCUT2D eigenvalue weighted by atomic mass is 10.1. The molecule has 1 aromatic heterocycles. The first kappa shape index (κ1) is 19.0.